The van der Waals surface area contributed by atoms with E-state index in [0.717, 1.165) is 5.56 Å². The molecule has 1 aliphatic rings. The van der Waals surface area contributed by atoms with Gasteiger partial charge in [-0.1, -0.05) is 44.2 Å². The number of carbonyl (C=O) groups is 2. The van der Waals surface area contributed by atoms with Gasteiger partial charge in [0.05, 0.1) is 6.54 Å². The second kappa shape index (κ2) is 5.87. The molecule has 0 spiro atoms. The van der Waals surface area contributed by atoms with Gasteiger partial charge in [0.2, 0.25) is 11.8 Å². The second-order valence-corrected chi connectivity index (χ2v) is 5.43. The van der Waals surface area contributed by atoms with Crippen molar-refractivity contribution >= 4 is 11.8 Å². The normalized spacial score (nSPS) is 19.7. The summed E-state index contributed by atoms with van der Waals surface area (Å²) in [6.45, 7) is 4.76. The quantitative estimate of drug-likeness (QED) is 0.893. The Kier molecular flexibility index (Phi) is 4.20. The maximum atomic E-state index is 12.3. The number of nitrogens with zero attached hydrogens (tertiary/aromatic N) is 1. The zero-order chi connectivity index (χ0) is 13.8. The molecule has 0 aromatic heterocycles. The lowest BCUT2D eigenvalue weighted by Crippen LogP contribution is -2.57. The van der Waals surface area contributed by atoms with Crippen molar-refractivity contribution in [2.24, 2.45) is 5.92 Å². The van der Waals surface area contributed by atoms with Gasteiger partial charge in [0.15, 0.2) is 0 Å². The van der Waals surface area contributed by atoms with Crippen LogP contribution in [0.3, 0.4) is 0 Å². The molecule has 0 unspecified atom stereocenters. The average Bonchev–Trinajstić information content (AvgIpc) is 2.35. The summed E-state index contributed by atoms with van der Waals surface area (Å²) in [6, 6.07) is 9.39. The van der Waals surface area contributed by atoms with Crippen molar-refractivity contribution in [1.29, 1.82) is 0 Å². The van der Waals surface area contributed by atoms with Crippen LogP contribution in [0.4, 0.5) is 0 Å². The Balaban J connectivity index is 2.07. The van der Waals surface area contributed by atoms with E-state index >= 15 is 0 Å². The van der Waals surface area contributed by atoms with Crippen molar-refractivity contribution < 1.29 is 9.59 Å². The summed E-state index contributed by atoms with van der Waals surface area (Å²) in [6.07, 6.45) is 0.690. The van der Waals surface area contributed by atoms with Crippen LogP contribution in [0, 0.1) is 5.92 Å². The summed E-state index contributed by atoms with van der Waals surface area (Å²) in [4.78, 5) is 25.7. The molecule has 1 heterocycles. The molecule has 0 bridgehead atoms. The fourth-order valence-corrected chi connectivity index (χ4v) is 2.34. The predicted molar refractivity (Wildman–Crippen MR) is 73.2 cm³/mol. The topological polar surface area (TPSA) is 49.4 Å². The molecule has 0 saturated carbocycles. The first-order valence-corrected chi connectivity index (χ1v) is 6.68. The zero-order valence-electron chi connectivity index (χ0n) is 11.4. The number of piperazine rings is 1. The molecule has 4 nitrogen and oxygen atoms in total. The Morgan fingerprint density at radius 2 is 1.95 bits per heavy atom. The highest BCUT2D eigenvalue weighted by molar-refractivity contribution is 5.94. The summed E-state index contributed by atoms with van der Waals surface area (Å²) in [5.74, 6) is 0.337. The highest BCUT2D eigenvalue weighted by Crippen LogP contribution is 2.14. The molecule has 2 amide bonds. The zero-order valence-corrected chi connectivity index (χ0v) is 11.4. The maximum absolute atomic E-state index is 12.3. The Labute approximate surface area is 113 Å². The molecule has 19 heavy (non-hydrogen) atoms. The molecule has 1 atom stereocenters. The van der Waals surface area contributed by atoms with E-state index in [1.807, 2.05) is 30.3 Å². The fraction of sp³-hybridized carbons (Fsp3) is 0.467. The summed E-state index contributed by atoms with van der Waals surface area (Å²) in [5.41, 5.74) is 1.05. The van der Waals surface area contributed by atoms with E-state index in [9.17, 15) is 9.59 Å². The van der Waals surface area contributed by atoms with Gasteiger partial charge in [-0.25, -0.2) is 0 Å². The SMILES string of the molecule is CC(C)C[C@H]1NC(=O)CN(Cc2ccccc2)C1=O. The summed E-state index contributed by atoms with van der Waals surface area (Å²) in [5, 5.41) is 2.78. The number of hydrogen-bond acceptors (Lipinski definition) is 2. The van der Waals surface area contributed by atoms with Crippen molar-refractivity contribution in [3.8, 4) is 0 Å². The standard InChI is InChI=1S/C15H20N2O2/c1-11(2)8-13-15(19)17(10-14(18)16-13)9-12-6-4-3-5-7-12/h3-7,11,13H,8-10H2,1-2H3,(H,16,18)/t13-/m1/s1. The van der Waals surface area contributed by atoms with Gasteiger partial charge in [-0.05, 0) is 17.9 Å². The molecule has 1 saturated heterocycles. The second-order valence-electron chi connectivity index (χ2n) is 5.43. The van der Waals surface area contributed by atoms with E-state index in [0.29, 0.717) is 18.9 Å². The first kappa shape index (κ1) is 13.6. The highest BCUT2D eigenvalue weighted by atomic mass is 16.2. The Bertz CT molecular complexity index is 456. The van der Waals surface area contributed by atoms with Gasteiger partial charge in [0.1, 0.15) is 6.04 Å². The third kappa shape index (κ3) is 3.56. The fourth-order valence-electron chi connectivity index (χ4n) is 2.34. The van der Waals surface area contributed by atoms with Crippen LogP contribution in [0.15, 0.2) is 30.3 Å². The van der Waals surface area contributed by atoms with Gasteiger partial charge in [0.25, 0.3) is 0 Å². The minimum Gasteiger partial charge on any atom is -0.343 e. The summed E-state index contributed by atoms with van der Waals surface area (Å²) in [7, 11) is 0. The number of carbonyl (C=O) groups excluding carboxylic acids is 2. The molecule has 4 heteroatoms. The van der Waals surface area contributed by atoms with Gasteiger partial charge in [0, 0.05) is 6.54 Å². The summed E-state index contributed by atoms with van der Waals surface area (Å²) >= 11 is 0. The monoisotopic (exact) mass is 260 g/mol. The largest absolute Gasteiger partial charge is 0.343 e. The lowest BCUT2D eigenvalue weighted by molar-refractivity contribution is -0.145. The van der Waals surface area contributed by atoms with Gasteiger partial charge < -0.3 is 10.2 Å². The van der Waals surface area contributed by atoms with Gasteiger partial charge in [-0.2, -0.15) is 0 Å². The number of benzene rings is 1. The lowest BCUT2D eigenvalue weighted by atomic mass is 10.0. The average molecular weight is 260 g/mol. The molecule has 1 aliphatic heterocycles. The molecule has 102 valence electrons. The molecular formula is C15H20N2O2. The van der Waals surface area contributed by atoms with Crippen molar-refractivity contribution in [1.82, 2.24) is 10.2 Å². The number of rotatable bonds is 4. The highest BCUT2D eigenvalue weighted by Gasteiger charge is 2.32. The number of nitrogens with one attached hydrogen (secondary N) is 1. The van der Waals surface area contributed by atoms with E-state index in [2.05, 4.69) is 19.2 Å². The van der Waals surface area contributed by atoms with Crippen molar-refractivity contribution in [2.45, 2.75) is 32.9 Å². The van der Waals surface area contributed by atoms with Crippen LogP contribution in [0.2, 0.25) is 0 Å². The first-order valence-electron chi connectivity index (χ1n) is 6.68. The number of hydrogen-bond donors (Lipinski definition) is 1. The van der Waals surface area contributed by atoms with E-state index in [-0.39, 0.29) is 24.4 Å². The molecule has 1 fully saturated rings. The minimum atomic E-state index is -0.370. The predicted octanol–water partition coefficient (Wildman–Crippen LogP) is 1.56. The number of amides is 2. The van der Waals surface area contributed by atoms with E-state index in [1.54, 1.807) is 4.90 Å². The van der Waals surface area contributed by atoms with Gasteiger partial charge in [-0.15, -0.1) is 0 Å². The van der Waals surface area contributed by atoms with E-state index < -0.39 is 0 Å². The smallest absolute Gasteiger partial charge is 0.245 e. The van der Waals surface area contributed by atoms with Crippen LogP contribution < -0.4 is 5.32 Å². The first-order chi connectivity index (χ1) is 9.06. The van der Waals surface area contributed by atoms with Crippen LogP contribution in [0.25, 0.3) is 0 Å². The van der Waals surface area contributed by atoms with Crippen molar-refractivity contribution in [2.75, 3.05) is 6.54 Å². The van der Waals surface area contributed by atoms with Crippen LogP contribution in [0.5, 0.6) is 0 Å². The van der Waals surface area contributed by atoms with E-state index in [1.165, 1.54) is 0 Å². The van der Waals surface area contributed by atoms with Crippen LogP contribution in [0.1, 0.15) is 25.8 Å². The summed E-state index contributed by atoms with van der Waals surface area (Å²) < 4.78 is 0. The molecule has 1 aromatic rings. The van der Waals surface area contributed by atoms with E-state index in [4.69, 9.17) is 0 Å². The Hall–Kier alpha value is -1.84. The van der Waals surface area contributed by atoms with Crippen molar-refractivity contribution in [3.63, 3.8) is 0 Å². The third-order valence-electron chi connectivity index (χ3n) is 3.20. The van der Waals surface area contributed by atoms with Crippen LogP contribution >= 0.6 is 0 Å². The molecule has 1 N–H and O–H groups in total. The van der Waals surface area contributed by atoms with Gasteiger partial charge in [-0.3, -0.25) is 9.59 Å². The Morgan fingerprint density at radius 1 is 1.26 bits per heavy atom. The third-order valence-corrected chi connectivity index (χ3v) is 3.20. The lowest BCUT2D eigenvalue weighted by Gasteiger charge is -2.33. The van der Waals surface area contributed by atoms with Crippen LogP contribution in [-0.4, -0.2) is 29.3 Å². The molecule has 0 radical (unpaired) electrons. The van der Waals surface area contributed by atoms with Crippen molar-refractivity contribution in [3.05, 3.63) is 35.9 Å². The minimum absolute atomic E-state index is 0.0251. The van der Waals surface area contributed by atoms with Crippen LogP contribution in [-0.2, 0) is 16.1 Å². The van der Waals surface area contributed by atoms with Gasteiger partial charge >= 0.3 is 0 Å². The maximum Gasteiger partial charge on any atom is 0.245 e. The Morgan fingerprint density at radius 3 is 2.58 bits per heavy atom. The molecular weight excluding hydrogens is 240 g/mol. The molecule has 0 aliphatic carbocycles. The molecule has 2 rings (SSSR count). The molecule has 1 aromatic carbocycles.